The van der Waals surface area contributed by atoms with Crippen LogP contribution < -0.4 is 5.32 Å². The molecule has 0 bridgehead atoms. The van der Waals surface area contributed by atoms with E-state index >= 15 is 0 Å². The molecule has 118 valence electrons. The summed E-state index contributed by atoms with van der Waals surface area (Å²) in [5.74, 6) is -3.65. The molecule has 0 fully saturated rings. The van der Waals surface area contributed by atoms with E-state index < -0.39 is 31.1 Å². The molecule has 0 amide bonds. The van der Waals surface area contributed by atoms with Crippen LogP contribution in [0.4, 0.5) is 25.8 Å². The van der Waals surface area contributed by atoms with E-state index in [2.05, 4.69) is 10.4 Å². The number of anilines is 2. The molecule has 0 spiro atoms. The number of alkyl halides is 2. The lowest BCUT2D eigenvalue weighted by atomic mass is 10.2. The highest BCUT2D eigenvalue weighted by atomic mass is 32.2. The van der Waals surface area contributed by atoms with Crippen molar-refractivity contribution in [2.24, 2.45) is 7.05 Å². The monoisotopic (exact) mass is 332 g/mol. The minimum absolute atomic E-state index is 0.0359. The number of halogens is 2. The van der Waals surface area contributed by atoms with E-state index in [9.17, 15) is 27.3 Å². The van der Waals surface area contributed by atoms with Gasteiger partial charge in [-0.25, -0.2) is 8.42 Å². The molecule has 1 heterocycles. The maximum atomic E-state index is 12.5. The molecule has 1 aromatic carbocycles. The quantitative estimate of drug-likeness (QED) is 0.663. The molecule has 0 atom stereocenters. The Balaban J connectivity index is 2.46. The first-order valence-electron chi connectivity index (χ1n) is 5.78. The molecule has 1 N–H and O–H groups in total. The van der Waals surface area contributed by atoms with Crippen molar-refractivity contribution >= 4 is 26.9 Å². The van der Waals surface area contributed by atoms with Crippen molar-refractivity contribution in [3.8, 4) is 0 Å². The van der Waals surface area contributed by atoms with Gasteiger partial charge in [0.1, 0.15) is 5.69 Å². The number of hydrogen-bond acceptors (Lipinski definition) is 6. The third-order valence-electron chi connectivity index (χ3n) is 2.71. The fourth-order valence-electron chi connectivity index (χ4n) is 1.69. The van der Waals surface area contributed by atoms with Gasteiger partial charge in [-0.1, -0.05) is 0 Å². The number of sulfone groups is 1. The molecule has 0 unspecified atom stereocenters. The maximum Gasteiger partial charge on any atom is 0.341 e. The smallest absolute Gasteiger partial charge is 0.341 e. The highest BCUT2D eigenvalue weighted by Crippen LogP contribution is 2.31. The van der Waals surface area contributed by atoms with E-state index in [-0.39, 0.29) is 5.69 Å². The number of rotatable bonds is 5. The Kier molecular flexibility index (Phi) is 4.08. The molecule has 1 aromatic heterocycles. The maximum absolute atomic E-state index is 12.5. The lowest BCUT2D eigenvalue weighted by molar-refractivity contribution is -0.384. The predicted octanol–water partition coefficient (Wildman–Crippen LogP) is 2.07. The van der Waals surface area contributed by atoms with E-state index in [1.54, 1.807) is 7.05 Å². The zero-order valence-electron chi connectivity index (χ0n) is 11.1. The van der Waals surface area contributed by atoms with Crippen LogP contribution in [0.15, 0.2) is 35.5 Å². The Morgan fingerprint density at radius 3 is 2.59 bits per heavy atom. The van der Waals surface area contributed by atoms with Gasteiger partial charge in [0.2, 0.25) is 9.84 Å². The summed E-state index contributed by atoms with van der Waals surface area (Å²) in [6.07, 6.45) is 2.93. The van der Waals surface area contributed by atoms with Gasteiger partial charge in [-0.15, -0.1) is 0 Å². The van der Waals surface area contributed by atoms with E-state index in [4.69, 9.17) is 0 Å². The Morgan fingerprint density at radius 2 is 2.09 bits per heavy atom. The zero-order chi connectivity index (χ0) is 16.5. The number of nitrogens with one attached hydrogen (secondary N) is 1. The summed E-state index contributed by atoms with van der Waals surface area (Å²) in [5.41, 5.74) is -0.244. The van der Waals surface area contributed by atoms with Crippen molar-refractivity contribution in [2.45, 2.75) is 10.7 Å². The van der Waals surface area contributed by atoms with Gasteiger partial charge in [-0.05, 0) is 12.1 Å². The Bertz CT molecular complexity index is 819. The Labute approximate surface area is 123 Å². The van der Waals surface area contributed by atoms with E-state index in [0.717, 1.165) is 12.1 Å². The molecule has 0 aliphatic rings. The van der Waals surface area contributed by atoms with Crippen molar-refractivity contribution in [3.05, 3.63) is 40.7 Å². The third-order valence-corrected chi connectivity index (χ3v) is 4.09. The number of hydrogen-bond donors (Lipinski definition) is 1. The fraction of sp³-hybridized carbons (Fsp3) is 0.182. The summed E-state index contributed by atoms with van der Waals surface area (Å²) < 4.78 is 49.2. The van der Waals surface area contributed by atoms with Crippen molar-refractivity contribution < 1.29 is 22.1 Å². The van der Waals surface area contributed by atoms with E-state index in [0.29, 0.717) is 11.8 Å². The predicted molar refractivity (Wildman–Crippen MR) is 72.8 cm³/mol. The van der Waals surface area contributed by atoms with Crippen LogP contribution >= 0.6 is 0 Å². The number of aryl methyl sites for hydroxylation is 1. The van der Waals surface area contributed by atoms with Gasteiger partial charge >= 0.3 is 5.76 Å². The molecule has 2 aromatic rings. The second-order valence-corrected chi connectivity index (χ2v) is 6.19. The summed E-state index contributed by atoms with van der Waals surface area (Å²) in [5, 5.41) is 17.6. The van der Waals surface area contributed by atoms with Crippen LogP contribution in [0.2, 0.25) is 0 Å². The van der Waals surface area contributed by atoms with Crippen molar-refractivity contribution in [2.75, 3.05) is 5.32 Å². The van der Waals surface area contributed by atoms with Crippen LogP contribution in [0.5, 0.6) is 0 Å². The second-order valence-electron chi connectivity index (χ2n) is 4.27. The molecule has 11 heteroatoms. The molecule has 0 radical (unpaired) electrons. The van der Waals surface area contributed by atoms with Crippen LogP contribution in [-0.4, -0.2) is 28.9 Å². The molecule has 2 rings (SSSR count). The standard InChI is InChI=1S/C11H10F2N4O4S/c1-16-6-7(5-14-16)15-9-3-2-8(4-10(9)17(18)19)22(20,21)11(12)13/h2-6,11,15H,1H3. The van der Waals surface area contributed by atoms with Gasteiger partial charge in [-0.3, -0.25) is 14.8 Å². The first-order valence-corrected chi connectivity index (χ1v) is 7.32. The highest BCUT2D eigenvalue weighted by molar-refractivity contribution is 7.91. The van der Waals surface area contributed by atoms with Crippen LogP contribution in [0.1, 0.15) is 0 Å². The highest BCUT2D eigenvalue weighted by Gasteiger charge is 2.29. The number of nitro benzene ring substituents is 1. The molecule has 0 aliphatic carbocycles. The molecular formula is C11H10F2N4O4S. The van der Waals surface area contributed by atoms with Crippen LogP contribution in [0.25, 0.3) is 0 Å². The van der Waals surface area contributed by atoms with Crippen LogP contribution in [0.3, 0.4) is 0 Å². The van der Waals surface area contributed by atoms with Gasteiger partial charge < -0.3 is 5.32 Å². The number of benzene rings is 1. The Hall–Kier alpha value is -2.56. The topological polar surface area (TPSA) is 107 Å². The summed E-state index contributed by atoms with van der Waals surface area (Å²) in [6, 6.07) is 2.54. The zero-order valence-corrected chi connectivity index (χ0v) is 11.9. The van der Waals surface area contributed by atoms with Crippen LogP contribution in [-0.2, 0) is 16.9 Å². The van der Waals surface area contributed by atoms with E-state index in [1.807, 2.05) is 0 Å². The summed E-state index contributed by atoms with van der Waals surface area (Å²) in [4.78, 5) is 9.36. The van der Waals surface area contributed by atoms with Gasteiger partial charge in [0.05, 0.1) is 21.7 Å². The van der Waals surface area contributed by atoms with Gasteiger partial charge in [0, 0.05) is 19.3 Å². The minimum atomic E-state index is -4.90. The van der Waals surface area contributed by atoms with Gasteiger partial charge in [0.15, 0.2) is 0 Å². The molecular weight excluding hydrogens is 322 g/mol. The molecule has 22 heavy (non-hydrogen) atoms. The first kappa shape index (κ1) is 15.8. The minimum Gasteiger partial charge on any atom is -0.347 e. The number of nitrogens with zero attached hydrogens (tertiary/aromatic N) is 3. The summed E-state index contributed by atoms with van der Waals surface area (Å²) in [6.45, 7) is 0. The molecule has 0 saturated heterocycles. The van der Waals surface area contributed by atoms with E-state index in [1.165, 1.54) is 17.1 Å². The lowest BCUT2D eigenvalue weighted by Gasteiger charge is -2.07. The largest absolute Gasteiger partial charge is 0.347 e. The van der Waals surface area contributed by atoms with Gasteiger partial charge in [-0.2, -0.15) is 13.9 Å². The normalized spacial score (nSPS) is 11.6. The van der Waals surface area contributed by atoms with Crippen LogP contribution in [0, 0.1) is 10.1 Å². The van der Waals surface area contributed by atoms with Crippen molar-refractivity contribution in [1.29, 1.82) is 0 Å². The average Bonchev–Trinajstić information content (AvgIpc) is 2.84. The SMILES string of the molecule is Cn1cc(Nc2ccc(S(=O)(=O)C(F)F)cc2[N+](=O)[O-])cn1. The third kappa shape index (κ3) is 3.03. The molecule has 0 aliphatic heterocycles. The molecule has 8 nitrogen and oxygen atoms in total. The molecule has 0 saturated carbocycles. The summed E-state index contributed by atoms with van der Waals surface area (Å²) >= 11 is 0. The first-order chi connectivity index (χ1) is 10.2. The summed E-state index contributed by atoms with van der Waals surface area (Å²) in [7, 11) is -3.26. The lowest BCUT2D eigenvalue weighted by Crippen LogP contribution is -2.12. The second kappa shape index (κ2) is 5.67. The fourth-order valence-corrected chi connectivity index (χ4v) is 2.43. The van der Waals surface area contributed by atoms with Crippen molar-refractivity contribution in [3.63, 3.8) is 0 Å². The number of aromatic nitrogens is 2. The number of nitro groups is 1. The van der Waals surface area contributed by atoms with Crippen molar-refractivity contribution in [1.82, 2.24) is 9.78 Å². The Morgan fingerprint density at radius 1 is 1.41 bits per heavy atom. The average molecular weight is 332 g/mol. The van der Waals surface area contributed by atoms with Gasteiger partial charge in [0.25, 0.3) is 5.69 Å².